The smallest absolute Gasteiger partial charge is 0.0637 e. The fourth-order valence-electron chi connectivity index (χ4n) is 2.05. The summed E-state index contributed by atoms with van der Waals surface area (Å²) in [4.78, 5) is 4.03. The summed E-state index contributed by atoms with van der Waals surface area (Å²) in [5.41, 5.74) is 1.19. The van der Waals surface area contributed by atoms with Crippen molar-refractivity contribution in [2.24, 2.45) is 0 Å². The van der Waals surface area contributed by atoms with Gasteiger partial charge in [0.25, 0.3) is 0 Å². The molecular formula is C14H24N2O. The molecule has 1 N–H and O–H groups in total. The molecule has 3 heteroatoms. The van der Waals surface area contributed by atoms with Gasteiger partial charge in [-0.15, -0.1) is 0 Å². The molecular weight excluding hydrogens is 212 g/mol. The Balaban J connectivity index is 2.49. The van der Waals surface area contributed by atoms with E-state index in [1.807, 2.05) is 24.5 Å². The van der Waals surface area contributed by atoms with E-state index in [1.54, 1.807) is 7.11 Å². The lowest BCUT2D eigenvalue weighted by molar-refractivity contribution is 0.00782. The lowest BCUT2D eigenvalue weighted by Gasteiger charge is -2.29. The summed E-state index contributed by atoms with van der Waals surface area (Å²) in [6.07, 6.45) is 4.65. The minimum Gasteiger partial charge on any atom is -0.379 e. The SMILES string of the molecule is COC(C)(C)CC(C)NC(C)c1ccncc1. The third kappa shape index (κ3) is 4.84. The van der Waals surface area contributed by atoms with Crippen molar-refractivity contribution in [1.29, 1.82) is 0 Å². The van der Waals surface area contributed by atoms with Gasteiger partial charge < -0.3 is 10.1 Å². The molecule has 0 spiro atoms. The molecule has 0 aliphatic rings. The number of ether oxygens (including phenoxy) is 1. The first-order valence-corrected chi connectivity index (χ1v) is 6.16. The second-order valence-corrected chi connectivity index (χ2v) is 5.24. The first kappa shape index (κ1) is 14.1. The fraction of sp³-hybridized carbons (Fsp3) is 0.643. The van der Waals surface area contributed by atoms with E-state index in [2.05, 4.69) is 38.0 Å². The number of hydrogen-bond donors (Lipinski definition) is 1. The molecule has 1 heterocycles. The summed E-state index contributed by atoms with van der Waals surface area (Å²) >= 11 is 0. The van der Waals surface area contributed by atoms with Crippen molar-refractivity contribution in [3.8, 4) is 0 Å². The van der Waals surface area contributed by atoms with Crippen molar-refractivity contribution in [3.05, 3.63) is 30.1 Å². The molecule has 0 saturated carbocycles. The van der Waals surface area contributed by atoms with Crippen LogP contribution in [-0.2, 0) is 4.74 Å². The highest BCUT2D eigenvalue weighted by Gasteiger charge is 2.21. The minimum atomic E-state index is -0.0790. The molecule has 0 amide bonds. The van der Waals surface area contributed by atoms with Crippen LogP contribution in [0.3, 0.4) is 0 Å². The summed E-state index contributed by atoms with van der Waals surface area (Å²) in [7, 11) is 1.76. The zero-order chi connectivity index (χ0) is 12.9. The van der Waals surface area contributed by atoms with Crippen molar-refractivity contribution in [1.82, 2.24) is 10.3 Å². The largest absolute Gasteiger partial charge is 0.379 e. The lowest BCUT2D eigenvalue weighted by Crippen LogP contribution is -2.36. The van der Waals surface area contributed by atoms with Crippen LogP contribution < -0.4 is 5.32 Å². The number of hydrogen-bond acceptors (Lipinski definition) is 3. The monoisotopic (exact) mass is 236 g/mol. The summed E-state index contributed by atoms with van der Waals surface area (Å²) in [6, 6.07) is 4.84. The topological polar surface area (TPSA) is 34.1 Å². The number of methoxy groups -OCH3 is 1. The number of aromatic nitrogens is 1. The van der Waals surface area contributed by atoms with E-state index in [1.165, 1.54) is 5.56 Å². The van der Waals surface area contributed by atoms with Crippen LogP contribution in [0.1, 0.15) is 45.7 Å². The van der Waals surface area contributed by atoms with Crippen LogP contribution in [0.15, 0.2) is 24.5 Å². The lowest BCUT2D eigenvalue weighted by atomic mass is 9.98. The minimum absolute atomic E-state index is 0.0790. The van der Waals surface area contributed by atoms with Crippen molar-refractivity contribution in [2.75, 3.05) is 7.11 Å². The van der Waals surface area contributed by atoms with Gasteiger partial charge in [0.05, 0.1) is 5.60 Å². The van der Waals surface area contributed by atoms with Crippen LogP contribution in [-0.4, -0.2) is 23.7 Å². The van der Waals surface area contributed by atoms with Gasteiger partial charge in [0.2, 0.25) is 0 Å². The Morgan fingerprint density at radius 1 is 1.29 bits per heavy atom. The third-order valence-corrected chi connectivity index (χ3v) is 3.09. The van der Waals surface area contributed by atoms with Gasteiger partial charge in [0, 0.05) is 31.6 Å². The summed E-state index contributed by atoms with van der Waals surface area (Å²) in [5, 5.41) is 3.58. The van der Waals surface area contributed by atoms with Crippen LogP contribution in [0.2, 0.25) is 0 Å². The number of rotatable bonds is 6. The van der Waals surface area contributed by atoms with Gasteiger partial charge in [0.15, 0.2) is 0 Å². The Morgan fingerprint density at radius 2 is 1.88 bits per heavy atom. The maximum absolute atomic E-state index is 5.45. The van der Waals surface area contributed by atoms with Crippen LogP contribution in [0.25, 0.3) is 0 Å². The molecule has 0 aliphatic carbocycles. The zero-order valence-corrected chi connectivity index (χ0v) is 11.5. The average Bonchev–Trinajstić information content (AvgIpc) is 2.29. The van der Waals surface area contributed by atoms with Crippen LogP contribution in [0.5, 0.6) is 0 Å². The van der Waals surface area contributed by atoms with Crippen molar-refractivity contribution in [3.63, 3.8) is 0 Å². The molecule has 1 rings (SSSR count). The molecule has 2 atom stereocenters. The van der Waals surface area contributed by atoms with Crippen LogP contribution >= 0.6 is 0 Å². The maximum Gasteiger partial charge on any atom is 0.0637 e. The molecule has 0 fully saturated rings. The second kappa shape index (κ2) is 6.12. The molecule has 96 valence electrons. The van der Waals surface area contributed by atoms with Crippen LogP contribution in [0, 0.1) is 0 Å². The highest BCUT2D eigenvalue weighted by molar-refractivity contribution is 5.14. The summed E-state index contributed by atoms with van der Waals surface area (Å²) in [5.74, 6) is 0. The van der Waals surface area contributed by atoms with Gasteiger partial charge in [-0.3, -0.25) is 4.98 Å². The second-order valence-electron chi connectivity index (χ2n) is 5.24. The van der Waals surface area contributed by atoms with Gasteiger partial charge in [-0.25, -0.2) is 0 Å². The van der Waals surface area contributed by atoms with E-state index < -0.39 is 0 Å². The molecule has 2 unspecified atom stereocenters. The van der Waals surface area contributed by atoms with E-state index >= 15 is 0 Å². The zero-order valence-electron chi connectivity index (χ0n) is 11.5. The standard InChI is InChI=1S/C14H24N2O/c1-11(10-14(3,4)17-5)16-12(2)13-6-8-15-9-7-13/h6-9,11-12,16H,10H2,1-5H3. The van der Waals surface area contributed by atoms with E-state index in [0.29, 0.717) is 12.1 Å². The molecule has 0 saturated heterocycles. The quantitative estimate of drug-likeness (QED) is 0.824. The van der Waals surface area contributed by atoms with Gasteiger partial charge in [-0.1, -0.05) is 0 Å². The molecule has 1 aromatic rings. The van der Waals surface area contributed by atoms with Gasteiger partial charge >= 0.3 is 0 Å². The van der Waals surface area contributed by atoms with Crippen LogP contribution in [0.4, 0.5) is 0 Å². The Labute approximate surface area is 105 Å². The van der Waals surface area contributed by atoms with Crippen molar-refractivity contribution >= 4 is 0 Å². The Kier molecular flexibility index (Phi) is 5.09. The Bertz CT molecular complexity index is 324. The normalized spacial score (nSPS) is 15.6. The number of nitrogens with one attached hydrogen (secondary N) is 1. The predicted molar refractivity (Wildman–Crippen MR) is 71.0 cm³/mol. The maximum atomic E-state index is 5.45. The Morgan fingerprint density at radius 3 is 2.41 bits per heavy atom. The van der Waals surface area contributed by atoms with E-state index in [0.717, 1.165) is 6.42 Å². The fourth-order valence-corrected chi connectivity index (χ4v) is 2.05. The molecule has 3 nitrogen and oxygen atoms in total. The van der Waals surface area contributed by atoms with Gasteiger partial charge in [0.1, 0.15) is 0 Å². The molecule has 0 aliphatic heterocycles. The molecule has 0 radical (unpaired) electrons. The van der Waals surface area contributed by atoms with Crippen molar-refractivity contribution < 1.29 is 4.74 Å². The number of pyridine rings is 1. The summed E-state index contributed by atoms with van der Waals surface area (Å²) < 4.78 is 5.45. The molecule has 0 bridgehead atoms. The molecule has 1 aromatic heterocycles. The van der Waals surface area contributed by atoms with Gasteiger partial charge in [-0.05, 0) is 51.8 Å². The third-order valence-electron chi connectivity index (χ3n) is 3.09. The highest BCUT2D eigenvalue weighted by atomic mass is 16.5. The molecule has 17 heavy (non-hydrogen) atoms. The molecule has 0 aromatic carbocycles. The van der Waals surface area contributed by atoms with E-state index in [9.17, 15) is 0 Å². The first-order chi connectivity index (χ1) is 7.94. The Hall–Kier alpha value is -0.930. The average molecular weight is 236 g/mol. The summed E-state index contributed by atoms with van der Waals surface area (Å²) in [6.45, 7) is 8.59. The van der Waals surface area contributed by atoms with Crippen molar-refractivity contribution in [2.45, 2.75) is 51.8 Å². The van der Waals surface area contributed by atoms with E-state index in [-0.39, 0.29) is 5.60 Å². The highest BCUT2D eigenvalue weighted by Crippen LogP contribution is 2.18. The first-order valence-electron chi connectivity index (χ1n) is 6.16. The predicted octanol–water partition coefficient (Wildman–Crippen LogP) is 2.94. The van der Waals surface area contributed by atoms with E-state index in [4.69, 9.17) is 4.74 Å². The number of nitrogens with zero attached hydrogens (tertiary/aromatic N) is 1. The van der Waals surface area contributed by atoms with Gasteiger partial charge in [-0.2, -0.15) is 0 Å².